The molecule has 134 valence electrons. The number of piperidine rings is 1. The lowest BCUT2D eigenvalue weighted by atomic mass is 9.96. The number of rotatable bonds is 3. The van der Waals surface area contributed by atoms with Crippen LogP contribution in [0.5, 0.6) is 0 Å². The van der Waals surface area contributed by atoms with Crippen LogP contribution in [0.4, 0.5) is 10.9 Å². The highest BCUT2D eigenvalue weighted by atomic mass is 35.5. The van der Waals surface area contributed by atoms with Crippen molar-refractivity contribution >= 4 is 61.6 Å². The van der Waals surface area contributed by atoms with Crippen LogP contribution in [0.1, 0.15) is 12.8 Å². The summed E-state index contributed by atoms with van der Waals surface area (Å²) in [6.45, 7) is 1.59. The van der Waals surface area contributed by atoms with Crippen LogP contribution in [0.2, 0.25) is 10.0 Å². The highest BCUT2D eigenvalue weighted by molar-refractivity contribution is 7.22. The Bertz CT molecular complexity index is 936. The maximum absolute atomic E-state index is 12.6. The topological polar surface area (TPSA) is 58.1 Å². The Morgan fingerprint density at radius 1 is 1.15 bits per heavy atom. The molecule has 1 aliphatic heterocycles. The number of benzene rings is 1. The second kappa shape index (κ2) is 7.39. The SMILES string of the molecule is O=C(Nc1nc2ccc(Cl)cc2s1)C1CCN(c2ccc(Cl)cn2)CC1. The number of pyridine rings is 1. The van der Waals surface area contributed by atoms with Crippen molar-refractivity contribution in [2.75, 3.05) is 23.3 Å². The zero-order valence-corrected chi connectivity index (χ0v) is 16.1. The van der Waals surface area contributed by atoms with Gasteiger partial charge in [0, 0.05) is 30.2 Å². The molecule has 1 saturated heterocycles. The summed E-state index contributed by atoms with van der Waals surface area (Å²) >= 11 is 13.3. The van der Waals surface area contributed by atoms with Gasteiger partial charge in [-0.1, -0.05) is 34.5 Å². The zero-order valence-electron chi connectivity index (χ0n) is 13.8. The minimum absolute atomic E-state index is 0.0193. The molecule has 0 aliphatic carbocycles. The number of aromatic nitrogens is 2. The van der Waals surface area contributed by atoms with Gasteiger partial charge in [-0.15, -0.1) is 0 Å². The molecule has 0 unspecified atom stereocenters. The molecule has 3 aromatic rings. The molecule has 8 heteroatoms. The minimum atomic E-state index is -0.0193. The van der Waals surface area contributed by atoms with Crippen LogP contribution < -0.4 is 10.2 Å². The predicted molar refractivity (Wildman–Crippen MR) is 107 cm³/mol. The first-order chi connectivity index (χ1) is 12.6. The summed E-state index contributed by atoms with van der Waals surface area (Å²) in [4.78, 5) is 23.6. The molecule has 26 heavy (non-hydrogen) atoms. The van der Waals surface area contributed by atoms with E-state index < -0.39 is 0 Å². The molecule has 1 aromatic carbocycles. The Labute approximate surface area is 165 Å². The summed E-state index contributed by atoms with van der Waals surface area (Å²) < 4.78 is 0.969. The third kappa shape index (κ3) is 3.77. The number of thiazole rings is 1. The third-order valence-electron chi connectivity index (χ3n) is 4.48. The fourth-order valence-electron chi connectivity index (χ4n) is 3.09. The third-order valence-corrected chi connectivity index (χ3v) is 5.87. The first-order valence-electron chi connectivity index (χ1n) is 8.32. The molecular formula is C18H16Cl2N4OS. The van der Waals surface area contributed by atoms with E-state index in [2.05, 4.69) is 20.2 Å². The van der Waals surface area contributed by atoms with E-state index >= 15 is 0 Å². The van der Waals surface area contributed by atoms with Crippen molar-refractivity contribution in [1.82, 2.24) is 9.97 Å². The zero-order chi connectivity index (χ0) is 18.1. The Hall–Kier alpha value is -1.89. The van der Waals surface area contributed by atoms with Crippen molar-refractivity contribution in [3.63, 3.8) is 0 Å². The van der Waals surface area contributed by atoms with Gasteiger partial charge in [0.1, 0.15) is 5.82 Å². The number of nitrogens with zero attached hydrogens (tertiary/aromatic N) is 3. The van der Waals surface area contributed by atoms with E-state index in [-0.39, 0.29) is 11.8 Å². The molecule has 0 spiro atoms. The maximum atomic E-state index is 12.6. The normalized spacial score (nSPS) is 15.4. The van der Waals surface area contributed by atoms with Gasteiger partial charge in [-0.25, -0.2) is 9.97 Å². The highest BCUT2D eigenvalue weighted by Gasteiger charge is 2.26. The quantitative estimate of drug-likeness (QED) is 0.674. The number of nitrogens with one attached hydrogen (secondary N) is 1. The van der Waals surface area contributed by atoms with Crippen LogP contribution in [0, 0.1) is 5.92 Å². The second-order valence-corrected chi connectivity index (χ2v) is 8.12. The van der Waals surface area contributed by atoms with Crippen LogP contribution in [-0.2, 0) is 4.79 Å². The molecule has 0 radical (unpaired) electrons. The van der Waals surface area contributed by atoms with Crippen LogP contribution >= 0.6 is 34.5 Å². The average Bonchev–Trinajstić information content (AvgIpc) is 3.03. The average molecular weight is 407 g/mol. The van der Waals surface area contributed by atoms with Gasteiger partial charge in [0.05, 0.1) is 15.2 Å². The molecule has 0 atom stereocenters. The molecule has 1 amide bonds. The number of hydrogen-bond acceptors (Lipinski definition) is 5. The smallest absolute Gasteiger partial charge is 0.229 e. The van der Waals surface area contributed by atoms with E-state index in [4.69, 9.17) is 23.2 Å². The Morgan fingerprint density at radius 2 is 1.92 bits per heavy atom. The Kier molecular flexibility index (Phi) is 4.98. The fraction of sp³-hybridized carbons (Fsp3) is 0.278. The molecule has 1 aliphatic rings. The molecule has 0 bridgehead atoms. The summed E-state index contributed by atoms with van der Waals surface area (Å²) in [5.74, 6) is 0.907. The van der Waals surface area contributed by atoms with E-state index in [0.717, 1.165) is 42.0 Å². The lowest BCUT2D eigenvalue weighted by Gasteiger charge is -2.31. The number of carbonyl (C=O) groups excluding carboxylic acids is 1. The van der Waals surface area contributed by atoms with E-state index in [9.17, 15) is 4.79 Å². The van der Waals surface area contributed by atoms with Gasteiger partial charge >= 0.3 is 0 Å². The minimum Gasteiger partial charge on any atom is -0.357 e. The molecule has 5 nitrogen and oxygen atoms in total. The van der Waals surface area contributed by atoms with Gasteiger partial charge in [-0.2, -0.15) is 0 Å². The second-order valence-electron chi connectivity index (χ2n) is 6.22. The summed E-state index contributed by atoms with van der Waals surface area (Å²) in [6.07, 6.45) is 3.22. The molecule has 1 fully saturated rings. The standard InChI is InChI=1S/C18H16Cl2N4OS/c19-12-1-3-14-15(9-12)26-18(22-14)23-17(25)11-5-7-24(8-6-11)16-4-2-13(20)10-21-16/h1-4,9-11H,5-8H2,(H,22,23,25). The Balaban J connectivity index is 1.37. The van der Waals surface area contributed by atoms with Crippen molar-refractivity contribution in [2.45, 2.75) is 12.8 Å². The van der Waals surface area contributed by atoms with E-state index in [1.807, 2.05) is 24.3 Å². The lowest BCUT2D eigenvalue weighted by molar-refractivity contribution is -0.120. The number of hydrogen-bond donors (Lipinski definition) is 1. The Morgan fingerprint density at radius 3 is 2.65 bits per heavy atom. The van der Waals surface area contributed by atoms with E-state index in [1.165, 1.54) is 11.3 Å². The van der Waals surface area contributed by atoms with E-state index in [1.54, 1.807) is 12.3 Å². The van der Waals surface area contributed by atoms with Gasteiger partial charge in [0.15, 0.2) is 5.13 Å². The first kappa shape index (κ1) is 17.5. The summed E-state index contributed by atoms with van der Waals surface area (Å²) in [7, 11) is 0. The van der Waals surface area contributed by atoms with Crippen molar-refractivity contribution in [2.24, 2.45) is 5.92 Å². The number of halogens is 2. The molecule has 2 aromatic heterocycles. The monoisotopic (exact) mass is 406 g/mol. The van der Waals surface area contributed by atoms with Crippen LogP contribution in [0.3, 0.4) is 0 Å². The van der Waals surface area contributed by atoms with Crippen molar-refractivity contribution in [3.05, 3.63) is 46.6 Å². The van der Waals surface area contributed by atoms with Crippen LogP contribution in [0.15, 0.2) is 36.5 Å². The number of fused-ring (bicyclic) bond motifs is 1. The highest BCUT2D eigenvalue weighted by Crippen LogP contribution is 2.29. The molecular weight excluding hydrogens is 391 g/mol. The van der Waals surface area contributed by atoms with Crippen LogP contribution in [0.25, 0.3) is 10.2 Å². The van der Waals surface area contributed by atoms with Gasteiger partial charge in [-0.3, -0.25) is 4.79 Å². The fourth-order valence-corrected chi connectivity index (χ4v) is 4.34. The predicted octanol–water partition coefficient (Wildman–Crippen LogP) is 4.85. The van der Waals surface area contributed by atoms with Crippen molar-refractivity contribution < 1.29 is 4.79 Å². The van der Waals surface area contributed by atoms with Gasteiger partial charge < -0.3 is 10.2 Å². The molecule has 1 N–H and O–H groups in total. The van der Waals surface area contributed by atoms with Gasteiger partial charge in [0.25, 0.3) is 0 Å². The van der Waals surface area contributed by atoms with Crippen molar-refractivity contribution in [3.8, 4) is 0 Å². The number of anilines is 2. The molecule has 3 heterocycles. The van der Waals surface area contributed by atoms with Crippen LogP contribution in [-0.4, -0.2) is 29.0 Å². The maximum Gasteiger partial charge on any atom is 0.229 e. The van der Waals surface area contributed by atoms with Crippen molar-refractivity contribution in [1.29, 1.82) is 0 Å². The largest absolute Gasteiger partial charge is 0.357 e. The van der Waals surface area contributed by atoms with Gasteiger partial charge in [-0.05, 0) is 43.2 Å². The first-order valence-corrected chi connectivity index (χ1v) is 9.89. The summed E-state index contributed by atoms with van der Waals surface area (Å²) in [5, 5.41) is 4.87. The number of carbonyl (C=O) groups is 1. The molecule has 0 saturated carbocycles. The van der Waals surface area contributed by atoms with Gasteiger partial charge in [0.2, 0.25) is 5.91 Å². The number of amides is 1. The lowest BCUT2D eigenvalue weighted by Crippen LogP contribution is -2.38. The summed E-state index contributed by atoms with van der Waals surface area (Å²) in [6, 6.07) is 9.27. The summed E-state index contributed by atoms with van der Waals surface area (Å²) in [5.41, 5.74) is 0.846. The van der Waals surface area contributed by atoms with E-state index in [0.29, 0.717) is 15.2 Å². The molecule has 4 rings (SSSR count).